The van der Waals surface area contributed by atoms with E-state index in [-0.39, 0.29) is 5.56 Å². The Morgan fingerprint density at radius 2 is 2.12 bits per heavy atom. The van der Waals surface area contributed by atoms with Gasteiger partial charge in [-0.25, -0.2) is 9.97 Å². The minimum absolute atomic E-state index is 0.0503. The molecular formula is C18H21N5O. The predicted octanol–water partition coefficient (Wildman–Crippen LogP) is 2.75. The first-order valence-electron chi connectivity index (χ1n) is 7.72. The Bertz CT molecular complexity index is 856. The van der Waals surface area contributed by atoms with E-state index in [0.29, 0.717) is 17.6 Å². The average Bonchev–Trinajstić information content (AvgIpc) is 2.54. The summed E-state index contributed by atoms with van der Waals surface area (Å²) in [4.78, 5) is 25.4. The Balaban J connectivity index is 2.32. The lowest BCUT2D eigenvalue weighted by atomic mass is 10.1. The third-order valence-electron chi connectivity index (χ3n) is 3.88. The number of H-pyrrole nitrogens is 1. The summed E-state index contributed by atoms with van der Waals surface area (Å²) in [6.07, 6.45) is 3.68. The first-order chi connectivity index (χ1) is 11.3. The van der Waals surface area contributed by atoms with Crippen LogP contribution < -0.4 is 10.5 Å². The first kappa shape index (κ1) is 17.4. The third-order valence-corrected chi connectivity index (χ3v) is 3.88. The molecule has 0 radical (unpaired) electrons. The molecule has 0 amide bonds. The Morgan fingerprint density at radius 3 is 2.62 bits per heavy atom. The highest BCUT2D eigenvalue weighted by Gasteiger charge is 2.09. The van der Waals surface area contributed by atoms with Gasteiger partial charge in [-0.15, -0.1) is 0 Å². The number of rotatable bonds is 4. The zero-order chi connectivity index (χ0) is 17.9. The normalized spacial score (nSPS) is 11.5. The van der Waals surface area contributed by atoms with E-state index >= 15 is 0 Å². The van der Waals surface area contributed by atoms with Crippen LogP contribution in [0.2, 0.25) is 0 Å². The van der Waals surface area contributed by atoms with Crippen molar-refractivity contribution in [3.8, 4) is 6.07 Å². The van der Waals surface area contributed by atoms with Crippen molar-refractivity contribution < 1.29 is 0 Å². The van der Waals surface area contributed by atoms with E-state index in [1.807, 2.05) is 38.2 Å². The number of aromatic nitrogens is 3. The number of nitriles is 1. The van der Waals surface area contributed by atoms with Crippen molar-refractivity contribution in [3.63, 3.8) is 0 Å². The predicted molar refractivity (Wildman–Crippen MR) is 95.6 cm³/mol. The average molecular weight is 323 g/mol. The molecule has 0 saturated carbocycles. The number of anilines is 1. The lowest BCUT2D eigenvalue weighted by Crippen LogP contribution is -2.26. The number of nitrogens with one attached hydrogen (secondary N) is 1. The van der Waals surface area contributed by atoms with E-state index < -0.39 is 5.56 Å². The summed E-state index contributed by atoms with van der Waals surface area (Å²) in [5, 5.41) is 8.94. The maximum Gasteiger partial charge on any atom is 0.269 e. The first-order valence-corrected chi connectivity index (χ1v) is 7.72. The Morgan fingerprint density at radius 1 is 1.42 bits per heavy atom. The number of pyridine rings is 1. The fourth-order valence-electron chi connectivity index (χ4n) is 2.18. The number of aryl methyl sites for hydroxylation is 1. The zero-order valence-corrected chi connectivity index (χ0v) is 14.6. The van der Waals surface area contributed by atoms with Crippen molar-refractivity contribution in [3.05, 3.63) is 51.3 Å². The number of hydrogen-bond acceptors (Lipinski definition) is 5. The SMILES string of the molecule is C/C(=C\c1ccc(N(C)C(C)C)nc1)c1nc(C)c(C#N)c(=O)[nH]1. The zero-order valence-electron chi connectivity index (χ0n) is 14.6. The lowest BCUT2D eigenvalue weighted by Gasteiger charge is -2.22. The van der Waals surface area contributed by atoms with Crippen LogP contribution in [0.1, 0.15) is 43.4 Å². The standard InChI is InChI=1S/C18H21N5O/c1-11(2)23(5)16-7-6-14(10-20-16)8-12(3)17-21-13(4)15(9-19)18(24)22-17/h6-8,10-11H,1-5H3,(H,21,22,24)/b12-8+. The molecule has 2 heterocycles. The molecule has 124 valence electrons. The second-order valence-corrected chi connectivity index (χ2v) is 5.97. The topological polar surface area (TPSA) is 85.7 Å². The summed E-state index contributed by atoms with van der Waals surface area (Å²) in [6, 6.07) is 6.17. The fraction of sp³-hybridized carbons (Fsp3) is 0.333. The van der Waals surface area contributed by atoms with E-state index in [1.165, 1.54) is 0 Å². The van der Waals surface area contributed by atoms with Gasteiger partial charge in [0.15, 0.2) is 0 Å². The Labute approximate surface area is 141 Å². The van der Waals surface area contributed by atoms with Gasteiger partial charge in [0.05, 0.1) is 5.69 Å². The van der Waals surface area contributed by atoms with Gasteiger partial charge in [-0.1, -0.05) is 0 Å². The Kier molecular flexibility index (Phi) is 5.14. The van der Waals surface area contributed by atoms with Crippen LogP contribution in [0.3, 0.4) is 0 Å². The van der Waals surface area contributed by atoms with Crippen LogP contribution >= 0.6 is 0 Å². The molecule has 0 fully saturated rings. The molecule has 0 aliphatic heterocycles. The minimum atomic E-state index is -0.417. The molecule has 0 saturated heterocycles. The summed E-state index contributed by atoms with van der Waals surface area (Å²) >= 11 is 0. The number of hydrogen-bond donors (Lipinski definition) is 1. The molecule has 0 atom stereocenters. The monoisotopic (exact) mass is 323 g/mol. The van der Waals surface area contributed by atoms with Crippen molar-refractivity contribution in [1.29, 1.82) is 5.26 Å². The van der Waals surface area contributed by atoms with Gasteiger partial charge in [0.2, 0.25) is 0 Å². The molecular weight excluding hydrogens is 302 g/mol. The highest BCUT2D eigenvalue weighted by atomic mass is 16.1. The van der Waals surface area contributed by atoms with Gasteiger partial charge in [-0.05, 0) is 57.0 Å². The molecule has 0 unspecified atom stereocenters. The molecule has 0 spiro atoms. The molecule has 0 aromatic carbocycles. The van der Waals surface area contributed by atoms with Crippen molar-refractivity contribution >= 4 is 17.5 Å². The summed E-state index contributed by atoms with van der Waals surface area (Å²) in [6.45, 7) is 7.73. The largest absolute Gasteiger partial charge is 0.357 e. The Hall–Kier alpha value is -2.94. The second kappa shape index (κ2) is 7.09. The molecule has 24 heavy (non-hydrogen) atoms. The van der Waals surface area contributed by atoms with Crippen LogP contribution in [-0.2, 0) is 0 Å². The smallest absolute Gasteiger partial charge is 0.269 e. The fourth-order valence-corrected chi connectivity index (χ4v) is 2.18. The van der Waals surface area contributed by atoms with Crippen molar-refractivity contribution in [2.24, 2.45) is 0 Å². The van der Waals surface area contributed by atoms with Crippen LogP contribution in [-0.4, -0.2) is 28.0 Å². The molecule has 6 nitrogen and oxygen atoms in total. The van der Waals surface area contributed by atoms with Crippen LogP contribution in [0.5, 0.6) is 0 Å². The molecule has 2 rings (SSSR count). The van der Waals surface area contributed by atoms with Gasteiger partial charge in [-0.2, -0.15) is 5.26 Å². The van der Waals surface area contributed by atoms with Gasteiger partial charge in [0.1, 0.15) is 23.3 Å². The van der Waals surface area contributed by atoms with Crippen LogP contribution in [0.15, 0.2) is 23.1 Å². The van der Waals surface area contributed by atoms with E-state index in [1.54, 1.807) is 13.1 Å². The minimum Gasteiger partial charge on any atom is -0.357 e. The van der Waals surface area contributed by atoms with Gasteiger partial charge in [-0.3, -0.25) is 4.79 Å². The van der Waals surface area contributed by atoms with Gasteiger partial charge in [0, 0.05) is 19.3 Å². The molecule has 0 bridgehead atoms. The van der Waals surface area contributed by atoms with Crippen molar-refractivity contribution in [1.82, 2.24) is 15.0 Å². The lowest BCUT2D eigenvalue weighted by molar-refractivity contribution is 0.743. The molecule has 0 aliphatic rings. The summed E-state index contributed by atoms with van der Waals surface area (Å²) < 4.78 is 0. The van der Waals surface area contributed by atoms with Crippen molar-refractivity contribution in [2.45, 2.75) is 33.7 Å². The molecule has 2 aromatic heterocycles. The quantitative estimate of drug-likeness (QED) is 0.935. The highest BCUT2D eigenvalue weighted by molar-refractivity contribution is 5.77. The van der Waals surface area contributed by atoms with E-state index in [4.69, 9.17) is 5.26 Å². The highest BCUT2D eigenvalue weighted by Crippen LogP contribution is 2.17. The van der Waals surface area contributed by atoms with E-state index in [0.717, 1.165) is 17.0 Å². The van der Waals surface area contributed by atoms with Crippen molar-refractivity contribution in [2.75, 3.05) is 11.9 Å². The maximum atomic E-state index is 11.9. The summed E-state index contributed by atoms with van der Waals surface area (Å²) in [7, 11) is 2.00. The summed E-state index contributed by atoms with van der Waals surface area (Å²) in [5.74, 6) is 1.36. The number of aromatic amines is 1. The van der Waals surface area contributed by atoms with Gasteiger partial charge < -0.3 is 9.88 Å². The number of nitrogens with zero attached hydrogens (tertiary/aromatic N) is 4. The second-order valence-electron chi connectivity index (χ2n) is 5.97. The van der Waals surface area contributed by atoms with Gasteiger partial charge in [0.25, 0.3) is 5.56 Å². The van der Waals surface area contributed by atoms with E-state index in [9.17, 15) is 4.79 Å². The van der Waals surface area contributed by atoms with E-state index in [2.05, 4.69) is 33.7 Å². The molecule has 0 aliphatic carbocycles. The molecule has 2 aromatic rings. The maximum absolute atomic E-state index is 11.9. The number of allylic oxidation sites excluding steroid dienone is 1. The van der Waals surface area contributed by atoms with Crippen LogP contribution in [0.25, 0.3) is 11.6 Å². The van der Waals surface area contributed by atoms with Gasteiger partial charge >= 0.3 is 0 Å². The molecule has 1 N–H and O–H groups in total. The summed E-state index contributed by atoms with van der Waals surface area (Å²) in [5.41, 5.74) is 1.77. The third kappa shape index (κ3) is 3.69. The van der Waals surface area contributed by atoms with Crippen LogP contribution in [0.4, 0.5) is 5.82 Å². The van der Waals surface area contributed by atoms with Crippen LogP contribution in [0, 0.1) is 18.3 Å². The molecule has 6 heteroatoms.